The average molecular weight is 323 g/mol. The summed E-state index contributed by atoms with van der Waals surface area (Å²) in [6.45, 7) is 6.22. The van der Waals surface area contributed by atoms with Gasteiger partial charge in [-0.3, -0.25) is 0 Å². The van der Waals surface area contributed by atoms with E-state index in [0.29, 0.717) is 6.01 Å². The molecule has 0 aliphatic rings. The standard InChI is InChI=1S/C13H15BrN4O/c1-13(2,3)11-17-9(5-10(14)18-11)8-6-15-12(19-4)16-7-8/h5-7H,1-4H3. The van der Waals surface area contributed by atoms with Crippen LogP contribution in [0.2, 0.25) is 0 Å². The van der Waals surface area contributed by atoms with Crippen molar-refractivity contribution in [2.75, 3.05) is 7.11 Å². The first-order valence-electron chi connectivity index (χ1n) is 5.81. The molecule has 2 aromatic rings. The maximum Gasteiger partial charge on any atom is 0.316 e. The maximum atomic E-state index is 4.94. The molecule has 0 aliphatic carbocycles. The molecule has 5 nitrogen and oxygen atoms in total. The Morgan fingerprint density at radius 2 is 1.74 bits per heavy atom. The third-order valence-corrected chi connectivity index (χ3v) is 2.88. The molecule has 2 heterocycles. The predicted octanol–water partition coefficient (Wildman–Crippen LogP) is 3.00. The fourth-order valence-corrected chi connectivity index (χ4v) is 1.84. The van der Waals surface area contributed by atoms with Gasteiger partial charge in [-0.25, -0.2) is 19.9 Å². The van der Waals surface area contributed by atoms with Gasteiger partial charge in [0.2, 0.25) is 0 Å². The topological polar surface area (TPSA) is 60.8 Å². The van der Waals surface area contributed by atoms with Crippen LogP contribution < -0.4 is 4.74 Å². The molecule has 19 heavy (non-hydrogen) atoms. The highest BCUT2D eigenvalue weighted by Gasteiger charge is 2.19. The van der Waals surface area contributed by atoms with Crippen LogP contribution in [0.3, 0.4) is 0 Å². The molecule has 0 aromatic carbocycles. The Hall–Kier alpha value is -1.56. The molecule has 0 unspecified atom stereocenters. The first-order valence-corrected chi connectivity index (χ1v) is 6.61. The van der Waals surface area contributed by atoms with E-state index in [-0.39, 0.29) is 5.41 Å². The molecule has 0 aliphatic heterocycles. The second-order valence-corrected chi connectivity index (χ2v) is 5.92. The Balaban J connectivity index is 2.46. The highest BCUT2D eigenvalue weighted by molar-refractivity contribution is 9.10. The summed E-state index contributed by atoms with van der Waals surface area (Å²) >= 11 is 3.41. The van der Waals surface area contributed by atoms with Gasteiger partial charge in [-0.15, -0.1) is 0 Å². The van der Waals surface area contributed by atoms with Crippen LogP contribution in [0.1, 0.15) is 26.6 Å². The number of ether oxygens (including phenoxy) is 1. The molecular weight excluding hydrogens is 308 g/mol. The van der Waals surface area contributed by atoms with E-state index in [2.05, 4.69) is 56.6 Å². The fourth-order valence-electron chi connectivity index (χ4n) is 1.45. The van der Waals surface area contributed by atoms with Crippen LogP contribution in [-0.2, 0) is 5.41 Å². The molecule has 0 saturated heterocycles. The Morgan fingerprint density at radius 1 is 1.11 bits per heavy atom. The SMILES string of the molecule is COc1ncc(-c2cc(Br)nc(C(C)(C)C)n2)cn1. The van der Waals surface area contributed by atoms with Crippen molar-refractivity contribution < 1.29 is 4.74 Å². The molecule has 2 rings (SSSR count). The average Bonchev–Trinajstić information content (AvgIpc) is 2.37. The van der Waals surface area contributed by atoms with Crippen molar-refractivity contribution in [2.24, 2.45) is 0 Å². The minimum Gasteiger partial charge on any atom is -0.467 e. The molecule has 6 heteroatoms. The van der Waals surface area contributed by atoms with Gasteiger partial charge in [0.05, 0.1) is 12.8 Å². The third-order valence-electron chi connectivity index (χ3n) is 2.47. The number of halogens is 1. The Bertz CT molecular complexity index is 578. The van der Waals surface area contributed by atoms with Crippen LogP contribution in [-0.4, -0.2) is 27.0 Å². The molecule has 0 saturated carbocycles. The van der Waals surface area contributed by atoms with Crippen molar-refractivity contribution >= 4 is 15.9 Å². The second-order valence-electron chi connectivity index (χ2n) is 5.11. The van der Waals surface area contributed by atoms with Gasteiger partial charge in [0, 0.05) is 23.4 Å². The largest absolute Gasteiger partial charge is 0.467 e. The molecule has 0 radical (unpaired) electrons. The lowest BCUT2D eigenvalue weighted by Crippen LogP contribution is -2.16. The van der Waals surface area contributed by atoms with Crippen LogP contribution in [0.4, 0.5) is 0 Å². The molecule has 0 spiro atoms. The third kappa shape index (κ3) is 3.26. The van der Waals surface area contributed by atoms with E-state index in [1.54, 1.807) is 12.4 Å². The van der Waals surface area contributed by atoms with E-state index in [1.165, 1.54) is 7.11 Å². The van der Waals surface area contributed by atoms with Gasteiger partial charge in [-0.1, -0.05) is 20.8 Å². The number of methoxy groups -OCH3 is 1. The number of hydrogen-bond acceptors (Lipinski definition) is 5. The molecular formula is C13H15BrN4O. The lowest BCUT2D eigenvalue weighted by molar-refractivity contribution is 0.380. The molecule has 2 aromatic heterocycles. The molecule has 0 atom stereocenters. The summed E-state index contributed by atoms with van der Waals surface area (Å²) in [6, 6.07) is 2.19. The van der Waals surface area contributed by atoms with Crippen molar-refractivity contribution in [2.45, 2.75) is 26.2 Å². The van der Waals surface area contributed by atoms with Crippen LogP contribution in [0.5, 0.6) is 6.01 Å². The smallest absolute Gasteiger partial charge is 0.316 e. The van der Waals surface area contributed by atoms with Crippen molar-refractivity contribution in [1.29, 1.82) is 0 Å². The number of nitrogens with zero attached hydrogens (tertiary/aromatic N) is 4. The monoisotopic (exact) mass is 322 g/mol. The first kappa shape index (κ1) is 13.9. The summed E-state index contributed by atoms with van der Waals surface area (Å²) in [6.07, 6.45) is 3.38. The van der Waals surface area contributed by atoms with Crippen LogP contribution in [0, 0.1) is 0 Å². The van der Waals surface area contributed by atoms with Crippen molar-refractivity contribution in [3.63, 3.8) is 0 Å². The maximum absolute atomic E-state index is 4.94. The van der Waals surface area contributed by atoms with Gasteiger partial charge in [0.1, 0.15) is 10.4 Å². The molecule has 0 N–H and O–H groups in total. The van der Waals surface area contributed by atoms with Crippen LogP contribution in [0.15, 0.2) is 23.1 Å². The van der Waals surface area contributed by atoms with Gasteiger partial charge in [0.25, 0.3) is 0 Å². The predicted molar refractivity (Wildman–Crippen MR) is 76.0 cm³/mol. The summed E-state index contributed by atoms with van der Waals surface area (Å²) in [5.74, 6) is 0.771. The molecule has 0 amide bonds. The van der Waals surface area contributed by atoms with Crippen molar-refractivity contribution in [3.05, 3.63) is 28.9 Å². The first-order chi connectivity index (χ1) is 8.90. The Kier molecular flexibility index (Phi) is 3.80. The van der Waals surface area contributed by atoms with E-state index >= 15 is 0 Å². The van der Waals surface area contributed by atoms with E-state index in [9.17, 15) is 0 Å². The van der Waals surface area contributed by atoms with Gasteiger partial charge >= 0.3 is 6.01 Å². The zero-order valence-corrected chi connectivity index (χ0v) is 12.9. The minimum atomic E-state index is -0.119. The highest BCUT2D eigenvalue weighted by atomic mass is 79.9. The van der Waals surface area contributed by atoms with Gasteiger partial charge in [0.15, 0.2) is 0 Å². The Morgan fingerprint density at radius 3 is 2.26 bits per heavy atom. The normalized spacial score (nSPS) is 11.4. The number of aromatic nitrogens is 4. The van der Waals surface area contributed by atoms with Crippen LogP contribution >= 0.6 is 15.9 Å². The molecule has 0 fully saturated rings. The molecule has 0 bridgehead atoms. The quantitative estimate of drug-likeness (QED) is 0.795. The number of hydrogen-bond donors (Lipinski definition) is 0. The minimum absolute atomic E-state index is 0.119. The zero-order chi connectivity index (χ0) is 14.0. The van der Waals surface area contributed by atoms with Crippen molar-refractivity contribution in [3.8, 4) is 17.3 Å². The lowest BCUT2D eigenvalue weighted by Gasteiger charge is -2.17. The van der Waals surface area contributed by atoms with E-state index in [1.807, 2.05) is 6.07 Å². The second kappa shape index (κ2) is 5.21. The highest BCUT2D eigenvalue weighted by Crippen LogP contribution is 2.25. The van der Waals surface area contributed by atoms with Crippen LogP contribution in [0.25, 0.3) is 11.3 Å². The summed E-state index contributed by atoms with van der Waals surface area (Å²) < 4.78 is 5.69. The lowest BCUT2D eigenvalue weighted by atomic mass is 9.95. The summed E-state index contributed by atoms with van der Waals surface area (Å²) in [5.41, 5.74) is 1.50. The summed E-state index contributed by atoms with van der Waals surface area (Å²) in [5, 5.41) is 0. The van der Waals surface area contributed by atoms with E-state index in [0.717, 1.165) is 21.7 Å². The summed E-state index contributed by atoms with van der Waals surface area (Å²) in [7, 11) is 1.54. The van der Waals surface area contributed by atoms with Gasteiger partial charge in [-0.05, 0) is 22.0 Å². The zero-order valence-electron chi connectivity index (χ0n) is 11.3. The van der Waals surface area contributed by atoms with E-state index < -0.39 is 0 Å². The molecule has 100 valence electrons. The van der Waals surface area contributed by atoms with Gasteiger partial charge < -0.3 is 4.74 Å². The number of rotatable bonds is 2. The van der Waals surface area contributed by atoms with Crippen molar-refractivity contribution in [1.82, 2.24) is 19.9 Å². The fraction of sp³-hybridized carbons (Fsp3) is 0.385. The summed E-state index contributed by atoms with van der Waals surface area (Å²) in [4.78, 5) is 17.1. The van der Waals surface area contributed by atoms with Gasteiger partial charge in [-0.2, -0.15) is 0 Å². The Labute approximate surface area is 120 Å². The van der Waals surface area contributed by atoms with E-state index in [4.69, 9.17) is 4.74 Å².